The first-order chi connectivity index (χ1) is 13.2. The zero-order valence-corrected chi connectivity index (χ0v) is 19.7. The van der Waals surface area contributed by atoms with Crippen molar-refractivity contribution in [3.63, 3.8) is 0 Å². The molecule has 158 valence electrons. The molecule has 5 aliphatic rings. The van der Waals surface area contributed by atoms with E-state index in [1.165, 1.54) is 51.4 Å². The number of carbonyl (C=O) groups is 1. The van der Waals surface area contributed by atoms with Gasteiger partial charge >= 0.3 is 0 Å². The first kappa shape index (κ1) is 20.0. The van der Waals surface area contributed by atoms with Gasteiger partial charge in [-0.1, -0.05) is 36.2 Å². The zero-order chi connectivity index (χ0) is 19.9. The van der Waals surface area contributed by atoms with Crippen LogP contribution in [0.3, 0.4) is 0 Å². The number of hydrogen-bond acceptors (Lipinski definition) is 2. The summed E-state index contributed by atoms with van der Waals surface area (Å²) in [7, 11) is 0. The Hall–Kier alpha value is 0.110. The second-order valence-corrected chi connectivity index (χ2v) is 12.7. The number of aliphatic hydroxyl groups is 1. The number of rotatable bonds is 2. The Labute approximate surface area is 179 Å². The van der Waals surface area contributed by atoms with Crippen molar-refractivity contribution in [3.05, 3.63) is 0 Å². The molecule has 0 aromatic carbocycles. The average Bonchev–Trinajstić information content (AvgIpc) is 3.32. The Kier molecular flexibility index (Phi) is 4.52. The average molecular weight is 451 g/mol. The van der Waals surface area contributed by atoms with Gasteiger partial charge in [0, 0.05) is 5.92 Å². The fourth-order valence-electron chi connectivity index (χ4n) is 9.63. The van der Waals surface area contributed by atoms with Crippen molar-refractivity contribution < 1.29 is 9.90 Å². The SMILES string of the molecule is C[C@@]1(O)CC[C@@]2(C)[C@@H](CCC3C4C[C@@H]5CCC[C@H](C(=O)CBr)[C@@]5(C)CC[C@]342)C1. The van der Waals surface area contributed by atoms with Crippen LogP contribution in [0.15, 0.2) is 0 Å². The molecule has 1 N–H and O–H groups in total. The van der Waals surface area contributed by atoms with E-state index in [1.807, 2.05) is 0 Å². The summed E-state index contributed by atoms with van der Waals surface area (Å²) >= 11 is 3.48. The normalized spacial score (nSPS) is 57.8. The van der Waals surface area contributed by atoms with Gasteiger partial charge in [-0.25, -0.2) is 0 Å². The number of halogens is 1. The van der Waals surface area contributed by atoms with E-state index in [2.05, 4.69) is 36.7 Å². The Bertz CT molecular complexity index is 673. The molecule has 0 saturated heterocycles. The molecule has 0 aliphatic heterocycles. The predicted octanol–water partition coefficient (Wildman–Crippen LogP) is 6.14. The minimum absolute atomic E-state index is 0.222. The summed E-state index contributed by atoms with van der Waals surface area (Å²) in [5.74, 6) is 4.02. The third-order valence-corrected chi connectivity index (χ3v) is 11.8. The lowest BCUT2D eigenvalue weighted by atomic mass is 9.50. The molecule has 1 spiro atoms. The Morgan fingerprint density at radius 3 is 2.50 bits per heavy atom. The van der Waals surface area contributed by atoms with E-state index in [1.54, 1.807) is 0 Å². The molecule has 5 fully saturated rings. The number of alkyl halides is 1. The summed E-state index contributed by atoms with van der Waals surface area (Å²) in [6, 6.07) is 0. The molecule has 2 nitrogen and oxygen atoms in total. The highest BCUT2D eigenvalue weighted by Crippen LogP contribution is 2.82. The topological polar surface area (TPSA) is 37.3 Å². The minimum atomic E-state index is -0.448. The van der Waals surface area contributed by atoms with Gasteiger partial charge < -0.3 is 5.11 Å². The highest BCUT2D eigenvalue weighted by molar-refractivity contribution is 9.09. The predicted molar refractivity (Wildman–Crippen MR) is 116 cm³/mol. The molecule has 0 radical (unpaired) electrons. The molecule has 5 saturated carbocycles. The Morgan fingerprint density at radius 2 is 1.75 bits per heavy atom. The molecule has 0 amide bonds. The smallest absolute Gasteiger partial charge is 0.147 e. The summed E-state index contributed by atoms with van der Waals surface area (Å²) in [4.78, 5) is 12.8. The van der Waals surface area contributed by atoms with E-state index < -0.39 is 5.60 Å². The summed E-state index contributed by atoms with van der Waals surface area (Å²) in [6.45, 7) is 7.16. The van der Waals surface area contributed by atoms with Crippen LogP contribution in [-0.4, -0.2) is 21.8 Å². The number of Topliss-reactive ketones (excluding diaryl/α,β-unsaturated/α-hetero) is 1. The van der Waals surface area contributed by atoms with Crippen molar-refractivity contribution in [2.75, 3.05) is 5.33 Å². The monoisotopic (exact) mass is 450 g/mol. The van der Waals surface area contributed by atoms with Gasteiger partial charge in [-0.15, -0.1) is 0 Å². The Balaban J connectivity index is 1.47. The van der Waals surface area contributed by atoms with Crippen molar-refractivity contribution in [2.45, 2.75) is 97.0 Å². The molecule has 0 heterocycles. The highest BCUT2D eigenvalue weighted by Gasteiger charge is 2.76. The molecule has 0 bridgehead atoms. The van der Waals surface area contributed by atoms with Gasteiger partial charge in [0.2, 0.25) is 0 Å². The first-order valence-electron chi connectivity index (χ1n) is 12.0. The van der Waals surface area contributed by atoms with Crippen LogP contribution in [0.1, 0.15) is 91.4 Å². The van der Waals surface area contributed by atoms with E-state index in [-0.39, 0.29) is 11.3 Å². The summed E-state index contributed by atoms with van der Waals surface area (Å²) in [5.41, 5.74) is 0.714. The minimum Gasteiger partial charge on any atom is -0.390 e. The van der Waals surface area contributed by atoms with Crippen LogP contribution >= 0.6 is 15.9 Å². The van der Waals surface area contributed by atoms with E-state index >= 15 is 0 Å². The van der Waals surface area contributed by atoms with Crippen molar-refractivity contribution >= 4 is 21.7 Å². The maximum absolute atomic E-state index is 12.8. The molecular formula is C25H39BrO2. The summed E-state index contributed by atoms with van der Waals surface area (Å²) in [6.07, 6.45) is 13.6. The number of ketones is 1. The molecular weight excluding hydrogens is 412 g/mol. The van der Waals surface area contributed by atoms with Crippen LogP contribution in [0.25, 0.3) is 0 Å². The maximum atomic E-state index is 12.8. The van der Waals surface area contributed by atoms with Gasteiger partial charge in [0.05, 0.1) is 10.9 Å². The lowest BCUT2D eigenvalue weighted by molar-refractivity contribution is -0.129. The molecule has 5 rings (SSSR count). The van der Waals surface area contributed by atoms with Crippen molar-refractivity contribution in [1.29, 1.82) is 0 Å². The summed E-state index contributed by atoms with van der Waals surface area (Å²) < 4.78 is 0. The number of carbonyl (C=O) groups excluding carboxylic acids is 1. The lowest BCUT2D eigenvalue weighted by Crippen LogP contribution is -2.50. The molecule has 2 unspecified atom stereocenters. The van der Waals surface area contributed by atoms with Crippen LogP contribution < -0.4 is 0 Å². The van der Waals surface area contributed by atoms with Gasteiger partial charge in [-0.2, -0.15) is 0 Å². The van der Waals surface area contributed by atoms with Crippen LogP contribution in [0.2, 0.25) is 0 Å². The molecule has 28 heavy (non-hydrogen) atoms. The van der Waals surface area contributed by atoms with Gasteiger partial charge in [0.15, 0.2) is 0 Å². The highest BCUT2D eigenvalue weighted by atomic mass is 79.9. The molecule has 5 aliphatic carbocycles. The van der Waals surface area contributed by atoms with Gasteiger partial charge in [-0.3, -0.25) is 4.79 Å². The van der Waals surface area contributed by atoms with Gasteiger partial charge in [0.25, 0.3) is 0 Å². The zero-order valence-electron chi connectivity index (χ0n) is 18.1. The fraction of sp³-hybridized carbons (Fsp3) is 0.960. The lowest BCUT2D eigenvalue weighted by Gasteiger charge is -2.55. The fourth-order valence-corrected chi connectivity index (χ4v) is 10.0. The largest absolute Gasteiger partial charge is 0.390 e. The quantitative estimate of drug-likeness (QED) is 0.512. The standard InChI is InChI=1S/C25H39BrO2/c1-22(28)9-11-24(3)17(14-22)7-8-18-20-13-16-5-4-6-19(21(27)15-26)23(16,2)10-12-25(18,20)24/h16-20,28H,4-15H2,1-3H3/t16-,17-,18?,19+,20?,22+,23-,24-,25-/m0/s1. The second kappa shape index (κ2) is 6.31. The third kappa shape index (κ3) is 2.50. The van der Waals surface area contributed by atoms with E-state index in [0.717, 1.165) is 37.0 Å². The van der Waals surface area contributed by atoms with Crippen LogP contribution in [0.5, 0.6) is 0 Å². The molecule has 0 aromatic rings. The molecule has 0 aromatic heterocycles. The maximum Gasteiger partial charge on any atom is 0.147 e. The van der Waals surface area contributed by atoms with Crippen molar-refractivity contribution in [3.8, 4) is 0 Å². The van der Waals surface area contributed by atoms with Crippen LogP contribution in [0, 0.1) is 45.8 Å². The van der Waals surface area contributed by atoms with Crippen molar-refractivity contribution in [2.24, 2.45) is 45.8 Å². The molecule has 9 atom stereocenters. The molecule has 3 heteroatoms. The van der Waals surface area contributed by atoms with Gasteiger partial charge in [0.1, 0.15) is 5.78 Å². The third-order valence-electron chi connectivity index (χ3n) is 11.3. The van der Waals surface area contributed by atoms with E-state index in [0.29, 0.717) is 27.9 Å². The second-order valence-electron chi connectivity index (χ2n) is 12.2. The van der Waals surface area contributed by atoms with E-state index in [9.17, 15) is 9.90 Å². The van der Waals surface area contributed by atoms with Crippen molar-refractivity contribution in [1.82, 2.24) is 0 Å². The summed E-state index contributed by atoms with van der Waals surface area (Å²) in [5, 5.41) is 11.3. The van der Waals surface area contributed by atoms with Crippen LogP contribution in [-0.2, 0) is 4.79 Å². The van der Waals surface area contributed by atoms with E-state index in [4.69, 9.17) is 0 Å². The van der Waals surface area contributed by atoms with Crippen LogP contribution in [0.4, 0.5) is 0 Å². The van der Waals surface area contributed by atoms with Gasteiger partial charge in [-0.05, 0) is 111 Å². The first-order valence-corrected chi connectivity index (χ1v) is 13.1. The number of hydrogen-bond donors (Lipinski definition) is 1. The number of fused-ring (bicyclic) bond motifs is 3. The Morgan fingerprint density at radius 1 is 0.964 bits per heavy atom.